The van der Waals surface area contributed by atoms with E-state index in [0.717, 1.165) is 17.5 Å². The van der Waals surface area contributed by atoms with E-state index < -0.39 is 23.8 Å². The minimum Gasteiger partial charge on any atom is -0.508 e. The number of halogens is 3. The summed E-state index contributed by atoms with van der Waals surface area (Å²) in [7, 11) is 0. The van der Waals surface area contributed by atoms with Gasteiger partial charge in [-0.1, -0.05) is 30.3 Å². The lowest BCUT2D eigenvalue weighted by Gasteiger charge is -2.17. The summed E-state index contributed by atoms with van der Waals surface area (Å²) >= 11 is 0. The van der Waals surface area contributed by atoms with Crippen molar-refractivity contribution in [1.82, 2.24) is 5.32 Å². The van der Waals surface area contributed by atoms with Crippen molar-refractivity contribution in [2.45, 2.75) is 19.1 Å². The second kappa shape index (κ2) is 7.19. The first kappa shape index (κ1) is 18.6. The molecule has 0 bridgehead atoms. The molecule has 3 N–H and O–H groups in total. The number of carbonyl (C=O) groups excluding carboxylic acids is 1. The van der Waals surface area contributed by atoms with Gasteiger partial charge in [0.15, 0.2) is 0 Å². The van der Waals surface area contributed by atoms with E-state index in [9.17, 15) is 23.1 Å². The van der Waals surface area contributed by atoms with Crippen molar-refractivity contribution < 1.29 is 23.1 Å². The Balaban J connectivity index is 1.72. The fourth-order valence-electron chi connectivity index (χ4n) is 2.77. The summed E-state index contributed by atoms with van der Waals surface area (Å²) in [5.74, 6) is 0.0790. The molecule has 0 heterocycles. The third-order valence-corrected chi connectivity index (χ3v) is 4.20. The molecule has 0 aliphatic rings. The number of amides is 2. The molecule has 0 radical (unpaired) electrons. The summed E-state index contributed by atoms with van der Waals surface area (Å²) in [4.78, 5) is 12.3. The SMILES string of the molecule is CC(NC(=O)Nc1cccc2ccc(O)cc12)c1ccc(C(F)(F)F)cc1. The van der Waals surface area contributed by atoms with Crippen LogP contribution in [0, 0.1) is 0 Å². The third-order valence-electron chi connectivity index (χ3n) is 4.20. The van der Waals surface area contributed by atoms with Crippen LogP contribution in [0.1, 0.15) is 24.1 Å². The molecule has 0 aliphatic carbocycles. The van der Waals surface area contributed by atoms with Gasteiger partial charge in [-0.05, 0) is 48.2 Å². The molecule has 2 amide bonds. The Labute approximate surface area is 153 Å². The Kier molecular flexibility index (Phi) is 4.94. The van der Waals surface area contributed by atoms with Crippen molar-refractivity contribution in [3.05, 3.63) is 71.8 Å². The van der Waals surface area contributed by atoms with E-state index in [2.05, 4.69) is 10.6 Å². The van der Waals surface area contributed by atoms with Crippen LogP contribution in [-0.2, 0) is 6.18 Å². The summed E-state index contributed by atoms with van der Waals surface area (Å²) in [6.07, 6.45) is -4.40. The molecule has 140 valence electrons. The fourth-order valence-corrected chi connectivity index (χ4v) is 2.77. The largest absolute Gasteiger partial charge is 0.508 e. The summed E-state index contributed by atoms with van der Waals surface area (Å²) < 4.78 is 37.9. The first-order chi connectivity index (χ1) is 12.7. The maximum absolute atomic E-state index is 12.6. The Morgan fingerprint density at radius 3 is 2.41 bits per heavy atom. The lowest BCUT2D eigenvalue weighted by molar-refractivity contribution is -0.137. The van der Waals surface area contributed by atoms with E-state index in [0.29, 0.717) is 16.6 Å². The van der Waals surface area contributed by atoms with Gasteiger partial charge in [-0.3, -0.25) is 0 Å². The summed E-state index contributed by atoms with van der Waals surface area (Å²) in [5, 5.41) is 16.6. The van der Waals surface area contributed by atoms with Gasteiger partial charge in [-0.15, -0.1) is 0 Å². The molecular formula is C20H17F3N2O2. The second-order valence-electron chi connectivity index (χ2n) is 6.15. The predicted octanol–water partition coefficient (Wildman–Crippen LogP) is 5.45. The molecule has 1 atom stereocenters. The Morgan fingerprint density at radius 1 is 1.04 bits per heavy atom. The molecule has 0 aliphatic heterocycles. The number of urea groups is 1. The lowest BCUT2D eigenvalue weighted by atomic mass is 10.1. The van der Waals surface area contributed by atoms with Gasteiger partial charge >= 0.3 is 12.2 Å². The van der Waals surface area contributed by atoms with Crippen molar-refractivity contribution in [3.8, 4) is 5.75 Å². The number of hydrogen-bond donors (Lipinski definition) is 3. The van der Waals surface area contributed by atoms with Crippen LogP contribution in [0.3, 0.4) is 0 Å². The Bertz CT molecular complexity index is 969. The Hall–Kier alpha value is -3.22. The maximum atomic E-state index is 12.6. The normalized spacial score (nSPS) is 12.6. The maximum Gasteiger partial charge on any atom is 0.416 e. The number of carbonyl (C=O) groups is 1. The zero-order valence-electron chi connectivity index (χ0n) is 14.3. The third kappa shape index (κ3) is 4.31. The van der Waals surface area contributed by atoms with E-state index in [1.165, 1.54) is 12.1 Å². The van der Waals surface area contributed by atoms with Crippen LogP contribution in [0.5, 0.6) is 5.75 Å². The van der Waals surface area contributed by atoms with Crippen LogP contribution in [0.25, 0.3) is 10.8 Å². The minimum absolute atomic E-state index is 0.0790. The Morgan fingerprint density at radius 2 is 1.74 bits per heavy atom. The number of nitrogens with one attached hydrogen (secondary N) is 2. The summed E-state index contributed by atoms with van der Waals surface area (Å²) in [6.45, 7) is 1.68. The lowest BCUT2D eigenvalue weighted by Crippen LogP contribution is -2.31. The summed E-state index contributed by atoms with van der Waals surface area (Å²) in [5.41, 5.74) is 0.327. The monoisotopic (exact) mass is 374 g/mol. The van der Waals surface area contributed by atoms with Crippen LogP contribution >= 0.6 is 0 Å². The first-order valence-electron chi connectivity index (χ1n) is 8.20. The van der Waals surface area contributed by atoms with Gasteiger partial charge in [0.1, 0.15) is 5.75 Å². The van der Waals surface area contributed by atoms with Crippen LogP contribution in [0.15, 0.2) is 60.7 Å². The molecule has 7 heteroatoms. The van der Waals surface area contributed by atoms with Gasteiger partial charge in [0, 0.05) is 5.39 Å². The van der Waals surface area contributed by atoms with Gasteiger partial charge in [-0.25, -0.2) is 4.79 Å². The van der Waals surface area contributed by atoms with E-state index in [-0.39, 0.29) is 5.75 Å². The first-order valence-corrected chi connectivity index (χ1v) is 8.20. The van der Waals surface area contributed by atoms with Crippen LogP contribution in [-0.4, -0.2) is 11.1 Å². The molecule has 3 rings (SSSR count). The van der Waals surface area contributed by atoms with Crippen molar-refractivity contribution in [2.24, 2.45) is 0 Å². The highest BCUT2D eigenvalue weighted by Crippen LogP contribution is 2.30. The molecule has 0 aromatic heterocycles. The van der Waals surface area contributed by atoms with Crippen molar-refractivity contribution in [2.75, 3.05) is 5.32 Å². The van der Waals surface area contributed by atoms with E-state index in [4.69, 9.17) is 0 Å². The number of aromatic hydroxyl groups is 1. The van der Waals surface area contributed by atoms with Crippen molar-refractivity contribution >= 4 is 22.5 Å². The molecule has 3 aromatic rings. The molecule has 4 nitrogen and oxygen atoms in total. The number of phenols is 1. The van der Waals surface area contributed by atoms with Gasteiger partial charge in [0.2, 0.25) is 0 Å². The van der Waals surface area contributed by atoms with Crippen LogP contribution < -0.4 is 10.6 Å². The highest BCUT2D eigenvalue weighted by atomic mass is 19.4. The number of benzene rings is 3. The average molecular weight is 374 g/mol. The van der Waals surface area contributed by atoms with Crippen LogP contribution in [0.4, 0.5) is 23.7 Å². The summed E-state index contributed by atoms with van der Waals surface area (Å²) in [6, 6.07) is 13.8. The standard InChI is InChI=1S/C20H17F3N2O2/c1-12(13-5-8-15(9-6-13)20(21,22)23)24-19(27)25-18-4-2-3-14-7-10-16(26)11-17(14)18/h2-12,26H,1H3,(H2,24,25,27). The molecule has 27 heavy (non-hydrogen) atoms. The highest BCUT2D eigenvalue weighted by Gasteiger charge is 2.30. The van der Waals surface area contributed by atoms with Gasteiger partial charge in [-0.2, -0.15) is 13.2 Å². The van der Waals surface area contributed by atoms with Gasteiger partial charge in [0.25, 0.3) is 0 Å². The number of rotatable bonds is 3. The molecular weight excluding hydrogens is 357 g/mol. The topological polar surface area (TPSA) is 61.4 Å². The molecule has 0 saturated carbocycles. The van der Waals surface area contributed by atoms with E-state index in [1.54, 1.807) is 37.3 Å². The zero-order valence-corrected chi connectivity index (χ0v) is 14.3. The minimum atomic E-state index is -4.40. The fraction of sp³-hybridized carbons (Fsp3) is 0.150. The molecule has 0 fully saturated rings. The van der Waals surface area contributed by atoms with Crippen molar-refractivity contribution in [3.63, 3.8) is 0 Å². The average Bonchev–Trinajstić information content (AvgIpc) is 2.61. The molecule has 0 saturated heterocycles. The molecule has 1 unspecified atom stereocenters. The highest BCUT2D eigenvalue weighted by molar-refractivity contribution is 6.02. The smallest absolute Gasteiger partial charge is 0.416 e. The molecule has 0 spiro atoms. The number of anilines is 1. The predicted molar refractivity (Wildman–Crippen MR) is 97.6 cm³/mol. The van der Waals surface area contributed by atoms with Gasteiger partial charge < -0.3 is 15.7 Å². The number of phenolic OH excluding ortho intramolecular Hbond substituents is 1. The second-order valence-corrected chi connectivity index (χ2v) is 6.15. The number of hydrogen-bond acceptors (Lipinski definition) is 2. The van der Waals surface area contributed by atoms with E-state index in [1.807, 2.05) is 6.07 Å². The van der Waals surface area contributed by atoms with E-state index >= 15 is 0 Å². The molecule has 3 aromatic carbocycles. The van der Waals surface area contributed by atoms with Crippen LogP contribution in [0.2, 0.25) is 0 Å². The van der Waals surface area contributed by atoms with Crippen molar-refractivity contribution in [1.29, 1.82) is 0 Å². The number of fused-ring (bicyclic) bond motifs is 1. The number of alkyl halides is 3. The zero-order chi connectivity index (χ0) is 19.6. The van der Waals surface area contributed by atoms with Gasteiger partial charge in [0.05, 0.1) is 17.3 Å². The quantitative estimate of drug-likeness (QED) is 0.571.